The summed E-state index contributed by atoms with van der Waals surface area (Å²) in [7, 11) is 5.30. The van der Waals surface area contributed by atoms with Crippen molar-refractivity contribution >= 4 is 43.1 Å². The van der Waals surface area contributed by atoms with Crippen LogP contribution < -0.4 is 0 Å². The van der Waals surface area contributed by atoms with Crippen LogP contribution in [0.4, 0.5) is 0 Å². The van der Waals surface area contributed by atoms with Gasteiger partial charge in [-0.2, -0.15) is 0 Å². The monoisotopic (exact) mass is 354 g/mol. The summed E-state index contributed by atoms with van der Waals surface area (Å²) in [5, 5.41) is 0. The van der Waals surface area contributed by atoms with Crippen LogP contribution in [-0.4, -0.2) is 1.30 Å². The van der Waals surface area contributed by atoms with Gasteiger partial charge in [0.15, 0.2) is 0 Å². The van der Waals surface area contributed by atoms with E-state index in [0.717, 1.165) is 0 Å². The minimum absolute atomic E-state index is 1.05. The Bertz CT molecular complexity index is 37.3. The Labute approximate surface area is 67.0 Å². The van der Waals surface area contributed by atoms with Gasteiger partial charge in [-0.15, -0.1) is 0 Å². The van der Waals surface area contributed by atoms with Crippen molar-refractivity contribution in [3.8, 4) is 0 Å². The van der Waals surface area contributed by atoms with Gasteiger partial charge in [0.05, 0.1) is 0 Å². The summed E-state index contributed by atoms with van der Waals surface area (Å²) in [6, 6.07) is 0. The minimum atomic E-state index is -1.59. The quantitative estimate of drug-likeness (QED) is 0.463. The van der Waals surface area contributed by atoms with Crippen LogP contribution in [0.15, 0.2) is 0 Å². The summed E-state index contributed by atoms with van der Waals surface area (Å²) in [5.41, 5.74) is 0. The van der Waals surface area contributed by atoms with E-state index >= 15 is 0 Å². The van der Waals surface area contributed by atoms with E-state index < -0.39 is 24.6 Å². The van der Waals surface area contributed by atoms with Crippen LogP contribution >= 0.6 is 43.1 Å². The molecular formula is CCl4Hg. The van der Waals surface area contributed by atoms with Gasteiger partial charge < -0.3 is 0 Å². The molecule has 0 aliphatic carbocycles. The van der Waals surface area contributed by atoms with Crippen LogP contribution in [0.3, 0.4) is 0 Å². The second kappa shape index (κ2) is 3.19. The molecule has 0 aromatic heterocycles. The molecule has 0 N–H and O–H groups in total. The van der Waals surface area contributed by atoms with E-state index in [4.69, 9.17) is 43.1 Å². The molecule has 0 rings (SSSR count). The molecule has 0 spiro atoms. The normalized spacial score (nSPS) is 10.7. The van der Waals surface area contributed by atoms with Crippen molar-refractivity contribution in [2.75, 3.05) is 0 Å². The molecule has 34 valence electrons. The van der Waals surface area contributed by atoms with E-state index in [-0.39, 0.29) is 0 Å². The van der Waals surface area contributed by atoms with Gasteiger partial charge in [-0.3, -0.25) is 0 Å². The predicted molar refractivity (Wildman–Crippen MR) is 26.1 cm³/mol. The van der Waals surface area contributed by atoms with Gasteiger partial charge in [-0.1, -0.05) is 0 Å². The Hall–Kier alpha value is 2.10. The molecule has 0 atom stereocenters. The third-order valence-electron chi connectivity index (χ3n) is 0.152. The summed E-state index contributed by atoms with van der Waals surface area (Å²) in [5.74, 6) is 0. The van der Waals surface area contributed by atoms with Crippen molar-refractivity contribution in [1.29, 1.82) is 0 Å². The first-order valence-corrected chi connectivity index (χ1v) is 11.8. The molecule has 0 heterocycles. The van der Waals surface area contributed by atoms with Crippen LogP contribution in [0.2, 0.25) is 0 Å². The van der Waals surface area contributed by atoms with Crippen molar-refractivity contribution in [2.24, 2.45) is 0 Å². The molecular weight excluding hydrogens is 354 g/mol. The van der Waals surface area contributed by atoms with E-state index in [2.05, 4.69) is 0 Å². The molecule has 0 amide bonds. The molecule has 0 unspecified atom stereocenters. The maximum absolute atomic E-state index is 5.30. The average Bonchev–Trinajstić information content (AvgIpc) is 1.35. The number of halogens is 4. The molecule has 0 bridgehead atoms. The SMILES string of the molecule is [Cl][Hg][C](Cl)(Cl)Cl. The number of hydrogen-bond acceptors (Lipinski definition) is 0. The summed E-state index contributed by atoms with van der Waals surface area (Å²) >= 11 is 14.1. The van der Waals surface area contributed by atoms with Crippen LogP contribution in [-0.2, 0) is 23.3 Å². The molecule has 5 heteroatoms. The summed E-state index contributed by atoms with van der Waals surface area (Å²) in [6.45, 7) is 0. The van der Waals surface area contributed by atoms with E-state index in [1.165, 1.54) is 0 Å². The van der Waals surface area contributed by atoms with Gasteiger partial charge in [0.2, 0.25) is 0 Å². The van der Waals surface area contributed by atoms with Crippen LogP contribution in [0.1, 0.15) is 0 Å². The fraction of sp³-hybridized carbons (Fsp3) is 1.00. The first-order chi connectivity index (χ1) is 2.56. The number of rotatable bonds is 0. The molecule has 0 aromatic rings. The van der Waals surface area contributed by atoms with Crippen molar-refractivity contribution in [3.05, 3.63) is 0 Å². The molecule has 0 saturated carbocycles. The van der Waals surface area contributed by atoms with Crippen molar-refractivity contribution in [1.82, 2.24) is 0 Å². The molecule has 0 radical (unpaired) electrons. The summed E-state index contributed by atoms with van der Waals surface area (Å²) < 4.78 is -1.05. The molecule has 0 aromatic carbocycles. The molecule has 0 aliphatic rings. The summed E-state index contributed by atoms with van der Waals surface area (Å²) in [6.07, 6.45) is 0. The Morgan fingerprint density at radius 3 is 1.33 bits per heavy atom. The van der Waals surface area contributed by atoms with Gasteiger partial charge in [-0.25, -0.2) is 0 Å². The Morgan fingerprint density at radius 1 is 1.17 bits per heavy atom. The molecule has 0 saturated heterocycles. The molecule has 0 aliphatic heterocycles. The molecule has 0 fully saturated rings. The first kappa shape index (κ1) is 8.10. The van der Waals surface area contributed by atoms with E-state index in [0.29, 0.717) is 0 Å². The van der Waals surface area contributed by atoms with E-state index in [1.807, 2.05) is 0 Å². The summed E-state index contributed by atoms with van der Waals surface area (Å²) in [4.78, 5) is 0. The third-order valence-corrected chi connectivity index (χ3v) is 12.0. The standard InChI is InChI=1S/CCl3.ClH.Hg/c2-1(3)4;;/h;1H;/q;;+1/p-1. The van der Waals surface area contributed by atoms with Gasteiger partial charge in [0.25, 0.3) is 0 Å². The predicted octanol–water partition coefficient (Wildman–Crippen LogP) is 2.55. The second-order valence-electron chi connectivity index (χ2n) is 0.749. The Morgan fingerprint density at radius 2 is 1.33 bits per heavy atom. The van der Waals surface area contributed by atoms with Gasteiger partial charge in [0, 0.05) is 0 Å². The fourth-order valence-electron chi connectivity index (χ4n) is 0. The third kappa shape index (κ3) is 6.10. The van der Waals surface area contributed by atoms with Crippen LogP contribution in [0.25, 0.3) is 0 Å². The number of hydrogen-bond donors (Lipinski definition) is 0. The first-order valence-electron chi connectivity index (χ1n) is 1.19. The zero-order valence-electron chi connectivity index (χ0n) is 2.72. The molecule has 0 nitrogen and oxygen atoms in total. The van der Waals surface area contributed by atoms with Gasteiger partial charge in [0.1, 0.15) is 0 Å². The van der Waals surface area contributed by atoms with Gasteiger partial charge in [-0.05, 0) is 0 Å². The van der Waals surface area contributed by atoms with Gasteiger partial charge >= 0.3 is 67.7 Å². The van der Waals surface area contributed by atoms with Crippen molar-refractivity contribution < 1.29 is 23.3 Å². The van der Waals surface area contributed by atoms with Crippen LogP contribution in [0, 0.1) is 0 Å². The van der Waals surface area contributed by atoms with E-state index in [1.54, 1.807) is 0 Å². The van der Waals surface area contributed by atoms with Crippen LogP contribution in [0.5, 0.6) is 0 Å². The fourth-order valence-corrected chi connectivity index (χ4v) is 0. The zero-order chi connectivity index (χ0) is 5.21. The van der Waals surface area contributed by atoms with Crippen molar-refractivity contribution in [2.45, 2.75) is 1.30 Å². The molecule has 6 heavy (non-hydrogen) atoms. The van der Waals surface area contributed by atoms with Crippen molar-refractivity contribution in [3.63, 3.8) is 0 Å². The Kier molecular flexibility index (Phi) is 4.30. The number of alkyl halides is 3. The topological polar surface area (TPSA) is 0 Å². The average molecular weight is 354 g/mol. The second-order valence-corrected chi connectivity index (χ2v) is 16.0. The van der Waals surface area contributed by atoms with E-state index in [9.17, 15) is 0 Å². The zero-order valence-corrected chi connectivity index (χ0v) is 11.2. The Balaban J connectivity index is 3.17. The maximum atomic E-state index is 5.30.